The van der Waals surface area contributed by atoms with Crippen molar-refractivity contribution in [2.24, 2.45) is 0 Å². The van der Waals surface area contributed by atoms with E-state index in [-0.39, 0.29) is 23.2 Å². The summed E-state index contributed by atoms with van der Waals surface area (Å²) < 4.78 is 0. The minimum absolute atomic E-state index is 0.0372. The fraction of sp³-hybridized carbons (Fsp3) is 0.250. The number of likely N-dealkylation sites (N-methyl/N-ethyl adjacent to an activating group) is 1. The average Bonchev–Trinajstić information content (AvgIpc) is 2.83. The number of benzene rings is 4. The molecule has 0 radical (unpaired) electrons. The van der Waals surface area contributed by atoms with Crippen molar-refractivity contribution in [2.75, 3.05) is 13.6 Å². The SMILES string of the molecule is CCN(C)C(C)C(=O)NC1c2cc3ccccc3cc2C(S)c2cc3ccccc3cc21. The molecule has 1 unspecified atom stereocenters. The van der Waals surface area contributed by atoms with Crippen LogP contribution in [-0.2, 0) is 4.79 Å². The molecular weight excluding hydrogens is 412 g/mol. The molecule has 32 heavy (non-hydrogen) atoms. The quantitative estimate of drug-likeness (QED) is 0.389. The second kappa shape index (κ2) is 8.27. The number of nitrogens with one attached hydrogen (secondary N) is 1. The van der Waals surface area contributed by atoms with Gasteiger partial charge in [0, 0.05) is 0 Å². The Labute approximate surface area is 194 Å². The molecule has 1 aliphatic rings. The van der Waals surface area contributed by atoms with Gasteiger partial charge in [-0.1, -0.05) is 55.5 Å². The van der Waals surface area contributed by atoms with Gasteiger partial charge in [-0.2, -0.15) is 12.6 Å². The molecule has 0 saturated carbocycles. The molecule has 1 aliphatic carbocycles. The normalized spacial score (nSPS) is 18.4. The number of amides is 1. The third kappa shape index (κ3) is 3.48. The molecule has 0 heterocycles. The Morgan fingerprint density at radius 3 is 1.69 bits per heavy atom. The van der Waals surface area contributed by atoms with Crippen LogP contribution in [0.1, 0.15) is 47.4 Å². The first-order valence-corrected chi connectivity index (χ1v) is 11.7. The maximum atomic E-state index is 13.3. The predicted octanol–water partition coefficient (Wildman–Crippen LogP) is 5.87. The molecule has 3 nitrogen and oxygen atoms in total. The van der Waals surface area contributed by atoms with Crippen LogP contribution in [0, 0.1) is 0 Å². The van der Waals surface area contributed by atoms with E-state index in [4.69, 9.17) is 12.6 Å². The highest BCUT2D eigenvalue weighted by atomic mass is 32.1. The minimum atomic E-state index is -0.210. The first-order chi connectivity index (χ1) is 15.5. The molecule has 0 fully saturated rings. The topological polar surface area (TPSA) is 32.3 Å². The number of thiol groups is 1. The molecule has 5 rings (SSSR count). The van der Waals surface area contributed by atoms with E-state index < -0.39 is 0 Å². The summed E-state index contributed by atoms with van der Waals surface area (Å²) in [6.07, 6.45) is 0. The number of carbonyl (C=O) groups excluding carboxylic acids is 1. The van der Waals surface area contributed by atoms with Crippen molar-refractivity contribution in [3.8, 4) is 0 Å². The summed E-state index contributed by atoms with van der Waals surface area (Å²) in [5, 5.41) is 8.07. The number of rotatable bonds is 4. The first kappa shape index (κ1) is 21.0. The third-order valence-corrected chi connectivity index (χ3v) is 7.50. The zero-order valence-electron chi connectivity index (χ0n) is 18.7. The number of nitrogens with zero attached hydrogens (tertiary/aromatic N) is 1. The van der Waals surface area contributed by atoms with Crippen molar-refractivity contribution >= 4 is 40.1 Å². The standard InChI is InChI=1S/C28H28N2OS/c1-4-30(3)17(2)28(31)29-26-22-13-18-9-5-7-11-20(18)15-24(22)27(32)25-16-21-12-8-6-10-19(21)14-23(25)26/h5-17,26-27,32H,4H2,1-3H3,(H,29,31). The Morgan fingerprint density at radius 1 is 0.875 bits per heavy atom. The molecule has 1 atom stereocenters. The van der Waals surface area contributed by atoms with Crippen LogP contribution in [0.4, 0.5) is 0 Å². The van der Waals surface area contributed by atoms with Crippen molar-refractivity contribution in [2.45, 2.75) is 31.2 Å². The molecule has 0 bridgehead atoms. The van der Waals surface area contributed by atoms with E-state index in [1.807, 2.05) is 14.0 Å². The molecule has 4 aromatic rings. The summed E-state index contributed by atoms with van der Waals surface area (Å²) >= 11 is 5.07. The molecule has 0 spiro atoms. The summed E-state index contributed by atoms with van der Waals surface area (Å²) in [5.41, 5.74) is 4.59. The van der Waals surface area contributed by atoms with Gasteiger partial charge in [0.05, 0.1) is 17.3 Å². The van der Waals surface area contributed by atoms with Crippen LogP contribution in [0.25, 0.3) is 21.5 Å². The predicted molar refractivity (Wildman–Crippen MR) is 136 cm³/mol. The van der Waals surface area contributed by atoms with Crippen LogP contribution in [-0.4, -0.2) is 30.4 Å². The number of fused-ring (bicyclic) bond motifs is 4. The van der Waals surface area contributed by atoms with Crippen molar-refractivity contribution in [1.82, 2.24) is 10.2 Å². The molecular formula is C28H28N2OS. The Morgan fingerprint density at radius 2 is 1.28 bits per heavy atom. The van der Waals surface area contributed by atoms with E-state index in [9.17, 15) is 4.79 Å². The number of hydrogen-bond donors (Lipinski definition) is 2. The van der Waals surface area contributed by atoms with E-state index >= 15 is 0 Å². The highest BCUT2D eigenvalue weighted by Crippen LogP contribution is 2.46. The van der Waals surface area contributed by atoms with Gasteiger partial charge >= 0.3 is 0 Å². The van der Waals surface area contributed by atoms with Crippen molar-refractivity contribution < 1.29 is 4.79 Å². The van der Waals surface area contributed by atoms with Gasteiger partial charge in [0.15, 0.2) is 0 Å². The second-order valence-corrected chi connectivity index (χ2v) is 9.27. The first-order valence-electron chi connectivity index (χ1n) is 11.2. The number of carbonyl (C=O) groups is 1. The Kier molecular flexibility index (Phi) is 5.44. The lowest BCUT2D eigenvalue weighted by molar-refractivity contribution is -0.125. The van der Waals surface area contributed by atoms with Gasteiger partial charge in [-0.15, -0.1) is 0 Å². The molecule has 162 valence electrons. The summed E-state index contributed by atoms with van der Waals surface area (Å²) in [6, 6.07) is 25.3. The van der Waals surface area contributed by atoms with Gasteiger partial charge in [0.25, 0.3) is 0 Å². The fourth-order valence-electron chi connectivity index (χ4n) is 4.75. The van der Waals surface area contributed by atoms with Crippen LogP contribution in [0.5, 0.6) is 0 Å². The maximum Gasteiger partial charge on any atom is 0.237 e. The van der Waals surface area contributed by atoms with Gasteiger partial charge in [0.2, 0.25) is 5.91 Å². The van der Waals surface area contributed by atoms with Gasteiger partial charge < -0.3 is 5.32 Å². The van der Waals surface area contributed by atoms with E-state index in [1.54, 1.807) is 0 Å². The molecule has 0 aliphatic heterocycles. The lowest BCUT2D eigenvalue weighted by Crippen LogP contribution is -2.45. The van der Waals surface area contributed by atoms with Gasteiger partial charge in [0.1, 0.15) is 0 Å². The van der Waals surface area contributed by atoms with Gasteiger partial charge in [-0.25, -0.2) is 0 Å². The Balaban J connectivity index is 1.70. The van der Waals surface area contributed by atoms with E-state index in [0.717, 1.165) is 28.8 Å². The van der Waals surface area contributed by atoms with Crippen LogP contribution < -0.4 is 5.32 Å². The molecule has 4 aromatic carbocycles. The van der Waals surface area contributed by atoms with E-state index in [0.29, 0.717) is 0 Å². The monoisotopic (exact) mass is 440 g/mol. The Hall–Kier alpha value is -2.82. The van der Waals surface area contributed by atoms with Crippen molar-refractivity contribution in [1.29, 1.82) is 0 Å². The molecule has 1 amide bonds. The summed E-state index contributed by atoms with van der Waals surface area (Å²) in [6.45, 7) is 4.85. The van der Waals surface area contributed by atoms with Crippen LogP contribution in [0.3, 0.4) is 0 Å². The average molecular weight is 441 g/mol. The fourth-order valence-corrected chi connectivity index (χ4v) is 5.20. The zero-order chi connectivity index (χ0) is 22.4. The summed E-state index contributed by atoms with van der Waals surface area (Å²) in [4.78, 5) is 15.3. The third-order valence-electron chi connectivity index (χ3n) is 6.94. The second-order valence-electron chi connectivity index (χ2n) is 8.75. The lowest BCUT2D eigenvalue weighted by Gasteiger charge is -2.35. The van der Waals surface area contributed by atoms with Gasteiger partial charge in [-0.05, 0) is 88.6 Å². The van der Waals surface area contributed by atoms with Gasteiger partial charge in [-0.3, -0.25) is 9.69 Å². The van der Waals surface area contributed by atoms with Crippen LogP contribution in [0.2, 0.25) is 0 Å². The Bertz CT molecular complexity index is 1240. The lowest BCUT2D eigenvalue weighted by atomic mass is 9.79. The minimum Gasteiger partial charge on any atom is -0.344 e. The van der Waals surface area contributed by atoms with Crippen LogP contribution >= 0.6 is 12.6 Å². The summed E-state index contributed by atoms with van der Waals surface area (Å²) in [5.74, 6) is 0.0372. The largest absolute Gasteiger partial charge is 0.344 e. The highest BCUT2D eigenvalue weighted by Gasteiger charge is 2.33. The maximum absolute atomic E-state index is 13.3. The zero-order valence-corrected chi connectivity index (χ0v) is 19.6. The highest BCUT2D eigenvalue weighted by molar-refractivity contribution is 7.80. The molecule has 0 aromatic heterocycles. The van der Waals surface area contributed by atoms with E-state index in [1.165, 1.54) is 21.5 Å². The van der Waals surface area contributed by atoms with Crippen molar-refractivity contribution in [3.63, 3.8) is 0 Å². The molecule has 0 saturated heterocycles. The smallest absolute Gasteiger partial charge is 0.237 e. The molecule has 1 N–H and O–H groups in total. The summed E-state index contributed by atoms with van der Waals surface area (Å²) in [7, 11) is 1.98. The molecule has 4 heteroatoms. The van der Waals surface area contributed by atoms with Crippen molar-refractivity contribution in [3.05, 3.63) is 95.1 Å². The van der Waals surface area contributed by atoms with E-state index in [2.05, 4.69) is 89.9 Å². The van der Waals surface area contributed by atoms with Crippen LogP contribution in [0.15, 0.2) is 72.8 Å². The number of hydrogen-bond acceptors (Lipinski definition) is 3.